The number of thiazole rings is 1. The lowest BCUT2D eigenvalue weighted by atomic mass is 10.3. The number of hydrogen-bond acceptors (Lipinski definition) is 5. The second-order valence-electron chi connectivity index (χ2n) is 5.09. The second kappa shape index (κ2) is 5.88. The Hall–Kier alpha value is -1.22. The number of rotatable bonds is 7. The maximum Gasteiger partial charge on any atom is 0.242 e. The van der Waals surface area contributed by atoms with Crippen LogP contribution in [0, 0.1) is 0 Å². The number of nitrogens with one attached hydrogen (secondary N) is 1. The lowest BCUT2D eigenvalue weighted by Crippen LogP contribution is -2.25. The van der Waals surface area contributed by atoms with Crippen molar-refractivity contribution in [1.29, 1.82) is 0 Å². The van der Waals surface area contributed by atoms with Crippen LogP contribution in [0.5, 0.6) is 0 Å². The maximum absolute atomic E-state index is 12.3. The Balaban J connectivity index is 1.69. The summed E-state index contributed by atoms with van der Waals surface area (Å²) in [5, 5.41) is 11.2. The quantitative estimate of drug-likeness (QED) is 0.803. The van der Waals surface area contributed by atoms with E-state index in [1.165, 1.54) is 11.3 Å². The third-order valence-electron chi connectivity index (χ3n) is 3.48. The van der Waals surface area contributed by atoms with Crippen molar-refractivity contribution < 1.29 is 13.5 Å². The Morgan fingerprint density at radius 2 is 2.29 bits per heavy atom. The van der Waals surface area contributed by atoms with Crippen molar-refractivity contribution in [2.75, 3.05) is 6.54 Å². The van der Waals surface area contributed by atoms with Gasteiger partial charge in [-0.3, -0.25) is 0 Å². The summed E-state index contributed by atoms with van der Waals surface area (Å²) < 4.78 is 29.0. The Bertz CT molecular complexity index is 703. The van der Waals surface area contributed by atoms with Gasteiger partial charge in [-0.1, -0.05) is 0 Å². The Kier molecular flexibility index (Phi) is 4.12. The van der Waals surface area contributed by atoms with E-state index in [4.69, 9.17) is 0 Å². The van der Waals surface area contributed by atoms with E-state index in [1.807, 2.05) is 9.95 Å². The molecule has 0 radical (unpaired) electrons. The number of sulfonamides is 1. The van der Waals surface area contributed by atoms with Gasteiger partial charge in [0.05, 0.1) is 22.7 Å². The number of aromatic nitrogens is 2. The van der Waals surface area contributed by atoms with Crippen LogP contribution in [-0.4, -0.2) is 29.6 Å². The number of aliphatic hydroxyl groups is 1. The van der Waals surface area contributed by atoms with Crippen molar-refractivity contribution >= 4 is 21.4 Å². The van der Waals surface area contributed by atoms with Crippen LogP contribution in [0.25, 0.3) is 0 Å². The Morgan fingerprint density at radius 1 is 1.48 bits per heavy atom. The van der Waals surface area contributed by atoms with Gasteiger partial charge in [0.25, 0.3) is 0 Å². The monoisotopic (exact) mass is 327 g/mol. The Morgan fingerprint density at radius 3 is 2.90 bits per heavy atom. The van der Waals surface area contributed by atoms with E-state index in [0.717, 1.165) is 18.5 Å². The number of hydrogen-bond donors (Lipinski definition) is 2. The van der Waals surface area contributed by atoms with Crippen LogP contribution in [0.3, 0.4) is 0 Å². The fourth-order valence-electron chi connectivity index (χ4n) is 2.22. The summed E-state index contributed by atoms with van der Waals surface area (Å²) in [7, 11) is -3.54. The van der Waals surface area contributed by atoms with Gasteiger partial charge < -0.3 is 9.67 Å². The minimum atomic E-state index is -3.54. The fourth-order valence-corrected chi connectivity index (χ4v) is 3.89. The summed E-state index contributed by atoms with van der Waals surface area (Å²) in [5.41, 5.74) is 3.26. The molecule has 1 aliphatic rings. The molecule has 1 aliphatic carbocycles. The van der Waals surface area contributed by atoms with Gasteiger partial charge in [-0.25, -0.2) is 18.1 Å². The highest BCUT2D eigenvalue weighted by Crippen LogP contribution is 2.37. The smallest absolute Gasteiger partial charge is 0.242 e. The lowest BCUT2D eigenvalue weighted by molar-refractivity contribution is 0.270. The average molecular weight is 327 g/mol. The first-order chi connectivity index (χ1) is 10.1. The van der Waals surface area contributed by atoms with Crippen LogP contribution in [0.4, 0.5) is 0 Å². The van der Waals surface area contributed by atoms with Crippen LogP contribution in [0.15, 0.2) is 28.0 Å². The van der Waals surface area contributed by atoms with Crippen molar-refractivity contribution in [2.24, 2.45) is 0 Å². The lowest BCUT2D eigenvalue weighted by Gasteiger charge is -2.04. The van der Waals surface area contributed by atoms with Crippen molar-refractivity contribution in [1.82, 2.24) is 14.3 Å². The third kappa shape index (κ3) is 3.34. The minimum Gasteiger partial charge on any atom is -0.390 e. The molecule has 0 spiro atoms. The highest BCUT2D eigenvalue weighted by atomic mass is 32.2. The van der Waals surface area contributed by atoms with Gasteiger partial charge >= 0.3 is 0 Å². The molecule has 21 heavy (non-hydrogen) atoms. The van der Waals surface area contributed by atoms with Crippen molar-refractivity contribution in [3.63, 3.8) is 0 Å². The molecule has 6 nitrogen and oxygen atoms in total. The van der Waals surface area contributed by atoms with Gasteiger partial charge in [0.15, 0.2) is 0 Å². The molecule has 2 heterocycles. The maximum atomic E-state index is 12.3. The SMILES string of the molecule is O=S(=O)(NCCc1cscn1)c1cc(CO)n(C2CC2)c1. The summed E-state index contributed by atoms with van der Waals surface area (Å²) in [6.07, 6.45) is 4.27. The van der Waals surface area contributed by atoms with E-state index in [1.54, 1.807) is 17.8 Å². The highest BCUT2D eigenvalue weighted by Gasteiger charge is 2.27. The average Bonchev–Trinajstić information content (AvgIpc) is 3.00. The fraction of sp³-hybridized carbons (Fsp3) is 0.462. The molecule has 1 saturated carbocycles. The van der Waals surface area contributed by atoms with Crippen molar-refractivity contribution in [3.8, 4) is 0 Å². The molecule has 114 valence electrons. The molecular weight excluding hydrogens is 310 g/mol. The summed E-state index contributed by atoms with van der Waals surface area (Å²) in [6.45, 7) is 0.167. The second-order valence-corrected chi connectivity index (χ2v) is 7.58. The van der Waals surface area contributed by atoms with E-state index in [9.17, 15) is 13.5 Å². The summed E-state index contributed by atoms with van der Waals surface area (Å²) in [6, 6.07) is 1.88. The standard InChI is InChI=1S/C13H17N3O3S2/c17-7-12-5-13(6-16(12)11-1-2-11)21(18,19)15-4-3-10-8-20-9-14-10/h5-6,8-9,11,15,17H,1-4,7H2. The third-order valence-corrected chi connectivity index (χ3v) is 5.54. The van der Waals surface area contributed by atoms with Crippen LogP contribution in [-0.2, 0) is 23.1 Å². The molecule has 0 saturated heterocycles. The van der Waals surface area contributed by atoms with E-state index < -0.39 is 10.0 Å². The molecule has 1 fully saturated rings. The van der Waals surface area contributed by atoms with Crippen LogP contribution in [0.1, 0.15) is 30.3 Å². The van der Waals surface area contributed by atoms with Crippen molar-refractivity contribution in [3.05, 3.63) is 34.5 Å². The van der Waals surface area contributed by atoms with Gasteiger partial charge in [0.2, 0.25) is 10.0 Å². The first-order valence-electron chi connectivity index (χ1n) is 6.78. The molecule has 8 heteroatoms. The normalized spacial score (nSPS) is 15.5. The van der Waals surface area contributed by atoms with Gasteiger partial charge in [-0.05, 0) is 18.9 Å². The van der Waals surface area contributed by atoms with E-state index in [2.05, 4.69) is 9.71 Å². The largest absolute Gasteiger partial charge is 0.390 e. The number of aliphatic hydroxyl groups excluding tert-OH is 1. The van der Waals surface area contributed by atoms with E-state index >= 15 is 0 Å². The van der Waals surface area contributed by atoms with Gasteiger partial charge in [0.1, 0.15) is 0 Å². The molecule has 0 bridgehead atoms. The van der Waals surface area contributed by atoms with Crippen LogP contribution < -0.4 is 4.72 Å². The predicted molar refractivity (Wildman–Crippen MR) is 79.6 cm³/mol. The van der Waals surface area contributed by atoms with E-state index in [-0.39, 0.29) is 11.5 Å². The molecular formula is C13H17N3O3S2. The minimum absolute atomic E-state index is 0.148. The highest BCUT2D eigenvalue weighted by molar-refractivity contribution is 7.89. The first kappa shape index (κ1) is 14.7. The van der Waals surface area contributed by atoms with Gasteiger partial charge in [0, 0.05) is 36.3 Å². The summed E-state index contributed by atoms with van der Waals surface area (Å²) in [4.78, 5) is 4.34. The summed E-state index contributed by atoms with van der Waals surface area (Å²) in [5.74, 6) is 0. The molecule has 0 aliphatic heterocycles. The molecule has 3 rings (SSSR count). The molecule has 2 N–H and O–H groups in total. The summed E-state index contributed by atoms with van der Waals surface area (Å²) >= 11 is 1.49. The van der Waals surface area contributed by atoms with Gasteiger partial charge in [-0.15, -0.1) is 11.3 Å². The zero-order valence-electron chi connectivity index (χ0n) is 11.4. The molecule has 0 atom stereocenters. The molecule has 0 aromatic carbocycles. The number of nitrogens with zero attached hydrogens (tertiary/aromatic N) is 2. The zero-order valence-corrected chi connectivity index (χ0v) is 13.0. The molecule has 2 aromatic heterocycles. The van der Waals surface area contributed by atoms with E-state index in [0.29, 0.717) is 24.7 Å². The zero-order chi connectivity index (χ0) is 14.9. The van der Waals surface area contributed by atoms with Crippen molar-refractivity contribution in [2.45, 2.75) is 36.8 Å². The molecule has 2 aromatic rings. The molecule has 0 amide bonds. The van der Waals surface area contributed by atoms with Crippen LogP contribution in [0.2, 0.25) is 0 Å². The topological polar surface area (TPSA) is 84.2 Å². The first-order valence-corrected chi connectivity index (χ1v) is 9.21. The Labute approximate surface area is 127 Å². The molecule has 0 unspecified atom stereocenters. The van der Waals surface area contributed by atoms with Gasteiger partial charge in [-0.2, -0.15) is 0 Å². The van der Waals surface area contributed by atoms with Crippen LogP contribution >= 0.6 is 11.3 Å². The predicted octanol–water partition coefficient (Wildman–Crippen LogP) is 1.29.